The number of aryl methyl sites for hydroxylation is 2. The van der Waals surface area contributed by atoms with E-state index in [1.165, 1.54) is 0 Å². The Morgan fingerprint density at radius 2 is 1.95 bits per heavy atom. The lowest BCUT2D eigenvalue weighted by Crippen LogP contribution is -2.05. The number of hydrogen-bond acceptors (Lipinski definition) is 3. The second-order valence-electron chi connectivity index (χ2n) is 4.73. The Morgan fingerprint density at radius 3 is 2.68 bits per heavy atom. The van der Waals surface area contributed by atoms with Gasteiger partial charge in [0.15, 0.2) is 0 Å². The van der Waals surface area contributed by atoms with E-state index >= 15 is 0 Å². The van der Waals surface area contributed by atoms with Gasteiger partial charge in [0.2, 0.25) is 0 Å². The molecule has 3 aromatic rings. The van der Waals surface area contributed by atoms with Crippen molar-refractivity contribution in [3.05, 3.63) is 47.9 Å². The zero-order valence-corrected chi connectivity index (χ0v) is 11.0. The summed E-state index contributed by atoms with van der Waals surface area (Å²) in [7, 11) is 3.76. The highest BCUT2D eigenvalue weighted by Gasteiger charge is 2.17. The zero-order chi connectivity index (χ0) is 13.4. The first kappa shape index (κ1) is 11.9. The molecule has 0 saturated carbocycles. The Bertz CT molecular complexity index is 713. The third-order valence-electron chi connectivity index (χ3n) is 3.27. The summed E-state index contributed by atoms with van der Waals surface area (Å²) >= 11 is 0. The minimum absolute atomic E-state index is 0.474. The molecule has 3 rings (SSSR count). The van der Waals surface area contributed by atoms with E-state index < -0.39 is 6.10 Å². The molecule has 0 aliphatic heterocycles. The largest absolute Gasteiger partial charge is 0.386 e. The number of para-hydroxylation sites is 1. The van der Waals surface area contributed by atoms with Gasteiger partial charge in [0.05, 0.1) is 16.9 Å². The molecule has 2 heterocycles. The molecule has 1 unspecified atom stereocenters. The van der Waals surface area contributed by atoms with Crippen molar-refractivity contribution >= 4 is 10.9 Å². The van der Waals surface area contributed by atoms with E-state index in [0.717, 1.165) is 16.6 Å². The number of aliphatic hydroxyl groups excluding tert-OH is 1. The van der Waals surface area contributed by atoms with Crippen LogP contribution in [0.2, 0.25) is 0 Å². The quantitative estimate of drug-likeness (QED) is 0.774. The highest BCUT2D eigenvalue weighted by molar-refractivity contribution is 5.82. The number of aliphatic hydroxyl groups is 1. The molecule has 0 saturated heterocycles. The van der Waals surface area contributed by atoms with Gasteiger partial charge < -0.3 is 5.11 Å². The average Bonchev–Trinajstić information content (AvgIpc) is 2.95. The van der Waals surface area contributed by atoms with Crippen molar-refractivity contribution in [1.82, 2.24) is 19.6 Å². The summed E-state index contributed by atoms with van der Waals surface area (Å²) in [6, 6.07) is 9.83. The van der Waals surface area contributed by atoms with Crippen molar-refractivity contribution in [2.24, 2.45) is 14.1 Å². The van der Waals surface area contributed by atoms with Crippen molar-refractivity contribution in [1.29, 1.82) is 0 Å². The molecule has 0 radical (unpaired) electrons. The van der Waals surface area contributed by atoms with Crippen LogP contribution < -0.4 is 0 Å². The highest BCUT2D eigenvalue weighted by Crippen LogP contribution is 2.25. The summed E-state index contributed by atoms with van der Waals surface area (Å²) in [5, 5.41) is 20.1. The van der Waals surface area contributed by atoms with Gasteiger partial charge in [-0.15, -0.1) is 0 Å². The molecule has 0 aliphatic carbocycles. The Labute approximate surface area is 111 Å². The van der Waals surface area contributed by atoms with Crippen LogP contribution in [0.4, 0.5) is 0 Å². The van der Waals surface area contributed by atoms with Crippen LogP contribution in [0.15, 0.2) is 36.5 Å². The van der Waals surface area contributed by atoms with Crippen molar-refractivity contribution in [2.45, 2.75) is 12.5 Å². The molecule has 0 amide bonds. The van der Waals surface area contributed by atoms with Crippen molar-refractivity contribution in [2.75, 3.05) is 0 Å². The Hall–Kier alpha value is -2.14. The van der Waals surface area contributed by atoms with Crippen LogP contribution in [-0.4, -0.2) is 24.7 Å². The number of hydrogen-bond donors (Lipinski definition) is 1. The SMILES string of the molecule is Cn1ccc(CC(O)c2nn(C)c3ccccc23)n1. The van der Waals surface area contributed by atoms with Gasteiger partial charge in [0.1, 0.15) is 6.10 Å². The van der Waals surface area contributed by atoms with Crippen LogP contribution in [0.5, 0.6) is 0 Å². The van der Waals surface area contributed by atoms with Gasteiger partial charge >= 0.3 is 0 Å². The predicted octanol–water partition coefficient (Wildman–Crippen LogP) is 1.58. The summed E-state index contributed by atoms with van der Waals surface area (Å²) in [5.41, 5.74) is 2.60. The van der Waals surface area contributed by atoms with Crippen LogP contribution >= 0.6 is 0 Å². The van der Waals surface area contributed by atoms with Gasteiger partial charge in [-0.2, -0.15) is 10.2 Å². The highest BCUT2D eigenvalue weighted by atomic mass is 16.3. The molecule has 1 aromatic carbocycles. The number of nitrogens with zero attached hydrogens (tertiary/aromatic N) is 4. The van der Waals surface area contributed by atoms with E-state index in [4.69, 9.17) is 0 Å². The number of benzene rings is 1. The molecular weight excluding hydrogens is 240 g/mol. The van der Waals surface area contributed by atoms with E-state index in [1.54, 1.807) is 9.36 Å². The van der Waals surface area contributed by atoms with E-state index in [2.05, 4.69) is 10.2 Å². The van der Waals surface area contributed by atoms with Crippen molar-refractivity contribution in [3.8, 4) is 0 Å². The smallest absolute Gasteiger partial charge is 0.104 e. The lowest BCUT2D eigenvalue weighted by atomic mass is 10.1. The molecule has 0 aliphatic rings. The maximum atomic E-state index is 10.4. The van der Waals surface area contributed by atoms with Crippen LogP contribution in [0.3, 0.4) is 0 Å². The first-order chi connectivity index (χ1) is 9.15. The fourth-order valence-corrected chi connectivity index (χ4v) is 2.35. The van der Waals surface area contributed by atoms with Crippen LogP contribution in [0.1, 0.15) is 17.5 Å². The molecule has 5 nitrogen and oxygen atoms in total. The van der Waals surface area contributed by atoms with E-state index in [9.17, 15) is 5.11 Å². The topological polar surface area (TPSA) is 55.9 Å². The Balaban J connectivity index is 1.95. The van der Waals surface area contributed by atoms with Crippen LogP contribution in [-0.2, 0) is 20.5 Å². The summed E-state index contributed by atoms with van der Waals surface area (Å²) < 4.78 is 3.53. The Kier molecular flexibility index (Phi) is 2.83. The number of rotatable bonds is 3. The minimum Gasteiger partial charge on any atom is -0.386 e. The molecule has 19 heavy (non-hydrogen) atoms. The van der Waals surface area contributed by atoms with Gasteiger partial charge in [-0.05, 0) is 12.1 Å². The fraction of sp³-hybridized carbons (Fsp3) is 0.286. The summed E-state index contributed by atoms with van der Waals surface area (Å²) in [6.45, 7) is 0. The minimum atomic E-state index is -0.638. The second kappa shape index (κ2) is 4.51. The first-order valence-corrected chi connectivity index (χ1v) is 6.23. The van der Waals surface area contributed by atoms with Crippen molar-refractivity contribution < 1.29 is 5.11 Å². The maximum Gasteiger partial charge on any atom is 0.104 e. The summed E-state index contributed by atoms with van der Waals surface area (Å²) in [5.74, 6) is 0. The Morgan fingerprint density at radius 1 is 1.16 bits per heavy atom. The summed E-state index contributed by atoms with van der Waals surface area (Å²) in [6.07, 6.45) is 1.71. The summed E-state index contributed by atoms with van der Waals surface area (Å²) in [4.78, 5) is 0. The molecule has 98 valence electrons. The molecule has 0 spiro atoms. The molecule has 0 fully saturated rings. The predicted molar refractivity (Wildman–Crippen MR) is 72.6 cm³/mol. The van der Waals surface area contributed by atoms with Crippen molar-refractivity contribution in [3.63, 3.8) is 0 Å². The molecular formula is C14H16N4O. The molecule has 2 aromatic heterocycles. The standard InChI is InChI=1S/C14H16N4O/c1-17-8-7-10(15-17)9-13(19)14-11-5-3-4-6-12(11)18(2)16-14/h3-8,13,19H,9H2,1-2H3. The van der Waals surface area contributed by atoms with E-state index in [-0.39, 0.29) is 0 Å². The van der Waals surface area contributed by atoms with Gasteiger partial charge in [-0.3, -0.25) is 9.36 Å². The fourth-order valence-electron chi connectivity index (χ4n) is 2.35. The first-order valence-electron chi connectivity index (χ1n) is 6.23. The number of aromatic nitrogens is 4. The lowest BCUT2D eigenvalue weighted by Gasteiger charge is -2.06. The normalized spacial score (nSPS) is 13.0. The van der Waals surface area contributed by atoms with E-state index in [1.807, 2.05) is 50.6 Å². The second-order valence-corrected chi connectivity index (χ2v) is 4.73. The third-order valence-corrected chi connectivity index (χ3v) is 3.27. The number of fused-ring (bicyclic) bond motifs is 1. The van der Waals surface area contributed by atoms with Gasteiger partial charge in [0.25, 0.3) is 0 Å². The molecule has 1 N–H and O–H groups in total. The van der Waals surface area contributed by atoms with Crippen LogP contribution in [0.25, 0.3) is 10.9 Å². The molecule has 1 atom stereocenters. The third kappa shape index (κ3) is 2.13. The lowest BCUT2D eigenvalue weighted by molar-refractivity contribution is 0.172. The molecule has 5 heteroatoms. The van der Waals surface area contributed by atoms with Gasteiger partial charge in [-0.25, -0.2) is 0 Å². The average molecular weight is 256 g/mol. The van der Waals surface area contributed by atoms with Gasteiger partial charge in [0, 0.05) is 32.1 Å². The maximum absolute atomic E-state index is 10.4. The monoisotopic (exact) mass is 256 g/mol. The van der Waals surface area contributed by atoms with Crippen LogP contribution in [0, 0.1) is 0 Å². The van der Waals surface area contributed by atoms with Gasteiger partial charge in [-0.1, -0.05) is 18.2 Å². The zero-order valence-electron chi connectivity index (χ0n) is 11.0. The van der Waals surface area contributed by atoms with E-state index in [0.29, 0.717) is 12.1 Å². The molecule has 0 bridgehead atoms.